The molecule has 3 heteroatoms. The van der Waals surface area contributed by atoms with Crippen LogP contribution in [0.15, 0.2) is 0 Å². The van der Waals surface area contributed by atoms with Gasteiger partial charge in [0.25, 0.3) is 0 Å². The van der Waals surface area contributed by atoms with Gasteiger partial charge >= 0.3 is 0 Å². The molecule has 0 bridgehead atoms. The van der Waals surface area contributed by atoms with E-state index in [2.05, 4.69) is 19.2 Å². The van der Waals surface area contributed by atoms with Crippen LogP contribution in [-0.2, 0) is 4.79 Å². The third-order valence-corrected chi connectivity index (χ3v) is 2.98. The molecule has 0 radical (unpaired) electrons. The molecule has 3 N–H and O–H groups in total. The van der Waals surface area contributed by atoms with E-state index in [9.17, 15) is 4.79 Å². The summed E-state index contributed by atoms with van der Waals surface area (Å²) in [7, 11) is 0. The van der Waals surface area contributed by atoms with Gasteiger partial charge < -0.3 is 11.1 Å². The van der Waals surface area contributed by atoms with Crippen molar-refractivity contribution in [1.29, 1.82) is 0 Å². The van der Waals surface area contributed by atoms with Crippen LogP contribution in [-0.4, -0.2) is 18.5 Å². The molecular formula is C11H22N2O. The summed E-state index contributed by atoms with van der Waals surface area (Å²) >= 11 is 0. The zero-order valence-electron chi connectivity index (χ0n) is 9.25. The first-order valence-corrected chi connectivity index (χ1v) is 5.63. The number of hydrogen-bond acceptors (Lipinski definition) is 2. The first-order valence-electron chi connectivity index (χ1n) is 5.63. The molecule has 3 nitrogen and oxygen atoms in total. The van der Waals surface area contributed by atoms with Crippen LogP contribution in [0, 0.1) is 11.8 Å². The average Bonchev–Trinajstić information content (AvgIpc) is 2.97. The molecule has 0 saturated heterocycles. The maximum Gasteiger partial charge on any atom is 0.220 e. The van der Waals surface area contributed by atoms with Crippen LogP contribution in [0.5, 0.6) is 0 Å². The van der Waals surface area contributed by atoms with Crippen LogP contribution in [0.25, 0.3) is 0 Å². The molecule has 1 amide bonds. The Hall–Kier alpha value is -0.570. The van der Waals surface area contributed by atoms with Crippen molar-refractivity contribution in [3.05, 3.63) is 0 Å². The monoisotopic (exact) mass is 198 g/mol. The van der Waals surface area contributed by atoms with E-state index in [-0.39, 0.29) is 5.91 Å². The van der Waals surface area contributed by atoms with E-state index < -0.39 is 0 Å². The Morgan fingerprint density at radius 1 is 1.50 bits per heavy atom. The van der Waals surface area contributed by atoms with Crippen molar-refractivity contribution < 1.29 is 4.79 Å². The lowest BCUT2D eigenvalue weighted by Crippen LogP contribution is -2.34. The molecule has 0 aromatic heterocycles. The number of rotatable bonds is 6. The van der Waals surface area contributed by atoms with E-state index in [1.54, 1.807) is 0 Å². The fourth-order valence-corrected chi connectivity index (χ4v) is 1.54. The average molecular weight is 198 g/mol. The Balaban J connectivity index is 2.08. The first-order chi connectivity index (χ1) is 6.63. The van der Waals surface area contributed by atoms with Crippen molar-refractivity contribution in [1.82, 2.24) is 5.32 Å². The molecule has 14 heavy (non-hydrogen) atoms. The van der Waals surface area contributed by atoms with Crippen molar-refractivity contribution in [3.8, 4) is 0 Å². The van der Waals surface area contributed by atoms with Gasteiger partial charge in [0.05, 0.1) is 0 Å². The van der Waals surface area contributed by atoms with Gasteiger partial charge in [0.2, 0.25) is 5.91 Å². The van der Waals surface area contributed by atoms with Crippen LogP contribution < -0.4 is 11.1 Å². The maximum atomic E-state index is 11.5. The molecule has 0 aliphatic heterocycles. The van der Waals surface area contributed by atoms with Crippen molar-refractivity contribution in [2.24, 2.45) is 17.6 Å². The molecule has 0 heterocycles. The molecule has 1 aliphatic rings. The van der Waals surface area contributed by atoms with E-state index in [0.717, 1.165) is 12.3 Å². The summed E-state index contributed by atoms with van der Waals surface area (Å²) in [5, 5.41) is 3.04. The number of carbonyl (C=O) groups is 1. The fraction of sp³-hybridized carbons (Fsp3) is 0.909. The number of amides is 1. The Morgan fingerprint density at radius 3 is 2.64 bits per heavy atom. The second-order valence-corrected chi connectivity index (χ2v) is 4.57. The first kappa shape index (κ1) is 11.5. The van der Waals surface area contributed by atoms with Crippen molar-refractivity contribution in [3.63, 3.8) is 0 Å². The Kier molecular flexibility index (Phi) is 4.39. The lowest BCUT2D eigenvalue weighted by Gasteiger charge is -2.13. The highest BCUT2D eigenvalue weighted by atomic mass is 16.1. The molecule has 2 atom stereocenters. The Morgan fingerprint density at radius 2 is 2.14 bits per heavy atom. The van der Waals surface area contributed by atoms with E-state index >= 15 is 0 Å². The largest absolute Gasteiger partial charge is 0.353 e. The summed E-state index contributed by atoms with van der Waals surface area (Å²) < 4.78 is 0. The number of nitrogens with two attached hydrogens (primary N) is 1. The summed E-state index contributed by atoms with van der Waals surface area (Å²) in [5.41, 5.74) is 5.49. The normalized spacial score (nSPS) is 20.2. The molecule has 0 spiro atoms. The SMILES string of the molecule is CC(CN)CCC(=O)NC(C)C1CC1. The smallest absolute Gasteiger partial charge is 0.220 e. The van der Waals surface area contributed by atoms with Gasteiger partial charge in [0.1, 0.15) is 0 Å². The van der Waals surface area contributed by atoms with E-state index in [0.29, 0.717) is 24.9 Å². The minimum absolute atomic E-state index is 0.185. The third kappa shape index (κ3) is 4.09. The standard InChI is InChI=1S/C11H22N2O/c1-8(7-12)3-6-11(14)13-9(2)10-4-5-10/h8-10H,3-7,12H2,1-2H3,(H,13,14). The van der Waals surface area contributed by atoms with Gasteiger partial charge in [-0.25, -0.2) is 0 Å². The quantitative estimate of drug-likeness (QED) is 0.675. The summed E-state index contributed by atoms with van der Waals surface area (Å²) in [6, 6.07) is 0.371. The number of nitrogens with one attached hydrogen (secondary N) is 1. The van der Waals surface area contributed by atoms with E-state index in [1.165, 1.54) is 12.8 Å². The summed E-state index contributed by atoms with van der Waals surface area (Å²) in [6.07, 6.45) is 4.08. The second kappa shape index (κ2) is 5.35. The number of hydrogen-bond donors (Lipinski definition) is 2. The Bertz CT molecular complexity index is 190. The van der Waals surface area contributed by atoms with Gasteiger partial charge in [-0.05, 0) is 44.6 Å². The minimum Gasteiger partial charge on any atom is -0.353 e. The summed E-state index contributed by atoms with van der Waals surface area (Å²) in [5.74, 6) is 1.38. The Labute approximate surface area is 86.4 Å². The fourth-order valence-electron chi connectivity index (χ4n) is 1.54. The van der Waals surface area contributed by atoms with Gasteiger partial charge in [-0.2, -0.15) is 0 Å². The predicted molar refractivity (Wildman–Crippen MR) is 57.8 cm³/mol. The number of carbonyl (C=O) groups excluding carboxylic acids is 1. The van der Waals surface area contributed by atoms with E-state index in [4.69, 9.17) is 5.73 Å². The molecule has 1 saturated carbocycles. The molecule has 1 aliphatic carbocycles. The van der Waals surface area contributed by atoms with Crippen LogP contribution in [0.3, 0.4) is 0 Å². The third-order valence-electron chi connectivity index (χ3n) is 2.98. The van der Waals surface area contributed by atoms with Crippen molar-refractivity contribution in [2.75, 3.05) is 6.54 Å². The highest BCUT2D eigenvalue weighted by Gasteiger charge is 2.28. The molecule has 0 aromatic rings. The van der Waals surface area contributed by atoms with Gasteiger partial charge in [0.15, 0.2) is 0 Å². The molecule has 1 fully saturated rings. The van der Waals surface area contributed by atoms with Gasteiger partial charge in [-0.3, -0.25) is 4.79 Å². The summed E-state index contributed by atoms with van der Waals surface area (Å²) in [4.78, 5) is 11.5. The van der Waals surface area contributed by atoms with Crippen molar-refractivity contribution in [2.45, 2.75) is 45.6 Å². The van der Waals surface area contributed by atoms with Gasteiger partial charge in [-0.15, -0.1) is 0 Å². The van der Waals surface area contributed by atoms with Gasteiger partial charge in [-0.1, -0.05) is 6.92 Å². The predicted octanol–water partition coefficient (Wildman–Crippen LogP) is 1.28. The lowest BCUT2D eigenvalue weighted by atomic mass is 10.1. The molecule has 2 unspecified atom stereocenters. The van der Waals surface area contributed by atoms with Crippen LogP contribution >= 0.6 is 0 Å². The molecular weight excluding hydrogens is 176 g/mol. The highest BCUT2D eigenvalue weighted by Crippen LogP contribution is 2.32. The van der Waals surface area contributed by atoms with Crippen LogP contribution in [0.1, 0.15) is 39.5 Å². The second-order valence-electron chi connectivity index (χ2n) is 4.57. The molecule has 0 aromatic carbocycles. The van der Waals surface area contributed by atoms with Gasteiger partial charge in [0, 0.05) is 12.5 Å². The zero-order valence-corrected chi connectivity index (χ0v) is 9.25. The lowest BCUT2D eigenvalue weighted by molar-refractivity contribution is -0.122. The molecule has 1 rings (SSSR count). The highest BCUT2D eigenvalue weighted by molar-refractivity contribution is 5.76. The maximum absolute atomic E-state index is 11.5. The zero-order chi connectivity index (χ0) is 10.6. The molecule has 82 valence electrons. The van der Waals surface area contributed by atoms with Crippen molar-refractivity contribution >= 4 is 5.91 Å². The topological polar surface area (TPSA) is 55.1 Å². The van der Waals surface area contributed by atoms with Crippen LogP contribution in [0.2, 0.25) is 0 Å². The summed E-state index contributed by atoms with van der Waals surface area (Å²) in [6.45, 7) is 4.85. The van der Waals surface area contributed by atoms with Crippen LogP contribution in [0.4, 0.5) is 0 Å². The minimum atomic E-state index is 0.185. The van der Waals surface area contributed by atoms with E-state index in [1.807, 2.05) is 0 Å².